The zero-order valence-electron chi connectivity index (χ0n) is 9.50. The lowest BCUT2D eigenvalue weighted by Gasteiger charge is -2.23. The summed E-state index contributed by atoms with van der Waals surface area (Å²) in [5.74, 6) is -0.117. The van der Waals surface area contributed by atoms with E-state index in [1.54, 1.807) is 0 Å². The van der Waals surface area contributed by atoms with Gasteiger partial charge in [-0.3, -0.25) is 4.79 Å². The summed E-state index contributed by atoms with van der Waals surface area (Å²) in [6.45, 7) is 0. The number of carbonyl (C=O) groups is 2. The van der Waals surface area contributed by atoms with Crippen molar-refractivity contribution in [3.05, 3.63) is 0 Å². The molecule has 2 atom stereocenters. The van der Waals surface area contributed by atoms with Crippen molar-refractivity contribution >= 4 is 23.5 Å². The molecule has 0 radical (unpaired) electrons. The lowest BCUT2D eigenvalue weighted by molar-refractivity contribution is -0.121. The van der Waals surface area contributed by atoms with Gasteiger partial charge in [-0.05, 0) is 12.8 Å². The number of halogens is 1. The molecule has 2 unspecified atom stereocenters. The summed E-state index contributed by atoms with van der Waals surface area (Å²) in [4.78, 5) is 22.8. The molecule has 16 heavy (non-hydrogen) atoms. The molecule has 1 fully saturated rings. The third kappa shape index (κ3) is 3.67. The Kier molecular flexibility index (Phi) is 5.60. The summed E-state index contributed by atoms with van der Waals surface area (Å²) in [5, 5.41) is 2.73. The van der Waals surface area contributed by atoms with E-state index in [1.807, 2.05) is 0 Å². The topological polar surface area (TPSA) is 55.4 Å². The number of rotatable bonds is 3. The van der Waals surface area contributed by atoms with Crippen LogP contribution in [-0.4, -0.2) is 30.9 Å². The highest BCUT2D eigenvalue weighted by Gasteiger charge is 2.30. The molecule has 0 aromatic carbocycles. The normalized spacial score (nSPS) is 25.6. The Hall–Kier alpha value is -0.770. The summed E-state index contributed by atoms with van der Waals surface area (Å²) in [6, 6.07) is -0.124. The fraction of sp³-hybridized carbons (Fsp3) is 0.818. The Morgan fingerprint density at radius 3 is 2.62 bits per heavy atom. The summed E-state index contributed by atoms with van der Waals surface area (Å²) in [7, 11) is 1.32. The third-order valence-electron chi connectivity index (χ3n) is 3.05. The molecule has 1 amide bonds. The number of amides is 1. The second kappa shape index (κ2) is 6.74. The zero-order chi connectivity index (χ0) is 12.0. The Morgan fingerprint density at radius 1 is 1.31 bits per heavy atom. The van der Waals surface area contributed by atoms with Gasteiger partial charge in [0.05, 0.1) is 13.0 Å². The van der Waals surface area contributed by atoms with Gasteiger partial charge < -0.3 is 10.1 Å². The van der Waals surface area contributed by atoms with Crippen molar-refractivity contribution in [3.63, 3.8) is 0 Å². The van der Waals surface area contributed by atoms with Gasteiger partial charge in [0.25, 0.3) is 0 Å². The van der Waals surface area contributed by atoms with Crippen LogP contribution in [0.3, 0.4) is 0 Å². The second-order valence-electron chi connectivity index (χ2n) is 4.09. The fourth-order valence-corrected chi connectivity index (χ4v) is 2.37. The van der Waals surface area contributed by atoms with Crippen molar-refractivity contribution in [2.24, 2.45) is 5.92 Å². The molecule has 1 N–H and O–H groups in total. The number of carbonyl (C=O) groups excluding carboxylic acids is 2. The number of hydrogen-bond acceptors (Lipinski definition) is 3. The minimum Gasteiger partial charge on any atom is -0.453 e. The van der Waals surface area contributed by atoms with Crippen molar-refractivity contribution in [1.82, 2.24) is 5.32 Å². The number of alkyl halides is 1. The highest BCUT2D eigenvalue weighted by Crippen LogP contribution is 2.24. The van der Waals surface area contributed by atoms with Crippen LogP contribution >= 0.6 is 11.6 Å². The maximum atomic E-state index is 11.7. The number of nitrogens with one attached hydrogen (secondary N) is 1. The number of methoxy groups -OCH3 is 1. The first-order valence-electron chi connectivity index (χ1n) is 5.62. The molecular formula is C11H18ClNO3. The maximum absolute atomic E-state index is 11.7. The van der Waals surface area contributed by atoms with E-state index in [9.17, 15) is 9.59 Å². The number of hydrogen-bond donors (Lipinski definition) is 1. The molecular weight excluding hydrogens is 230 g/mol. The molecule has 1 saturated carbocycles. The van der Waals surface area contributed by atoms with Crippen LogP contribution in [0.15, 0.2) is 0 Å². The monoisotopic (exact) mass is 247 g/mol. The Morgan fingerprint density at radius 2 is 2.00 bits per heavy atom. The molecule has 0 aromatic heterocycles. The van der Waals surface area contributed by atoms with Crippen LogP contribution in [-0.2, 0) is 9.53 Å². The second-order valence-corrected chi connectivity index (χ2v) is 4.35. The van der Waals surface area contributed by atoms with Gasteiger partial charge in [-0.15, -0.1) is 11.6 Å². The van der Waals surface area contributed by atoms with Gasteiger partial charge in [0.1, 0.15) is 0 Å². The van der Waals surface area contributed by atoms with E-state index >= 15 is 0 Å². The van der Waals surface area contributed by atoms with Crippen LogP contribution in [0.1, 0.15) is 32.1 Å². The van der Waals surface area contributed by atoms with Crippen LogP contribution in [0.2, 0.25) is 0 Å². The molecule has 4 nitrogen and oxygen atoms in total. The fourth-order valence-electron chi connectivity index (χ4n) is 2.18. The van der Waals surface area contributed by atoms with Gasteiger partial charge >= 0.3 is 6.09 Å². The zero-order valence-corrected chi connectivity index (χ0v) is 10.3. The van der Waals surface area contributed by atoms with Crippen LogP contribution in [0.4, 0.5) is 4.79 Å². The average Bonchev–Trinajstić information content (AvgIpc) is 2.53. The molecule has 0 bridgehead atoms. The summed E-state index contributed by atoms with van der Waals surface area (Å²) in [5.41, 5.74) is 0. The number of alkyl carbamates (subject to hydrolysis) is 1. The van der Waals surface area contributed by atoms with E-state index in [1.165, 1.54) is 7.11 Å². The smallest absolute Gasteiger partial charge is 0.407 e. The first-order valence-corrected chi connectivity index (χ1v) is 6.15. The highest BCUT2D eigenvalue weighted by molar-refractivity contribution is 6.28. The molecule has 0 heterocycles. The minimum absolute atomic E-state index is 0.0179. The standard InChI is InChI=1S/C11H18ClNO3/c1-16-11(15)13-9-6-4-2-3-5-8(9)10(14)7-12/h8-9H,2-7H2,1H3,(H,13,15). The molecule has 1 aliphatic carbocycles. The molecule has 0 aromatic rings. The van der Waals surface area contributed by atoms with E-state index < -0.39 is 6.09 Å². The molecule has 5 heteroatoms. The Bertz CT molecular complexity index is 258. The Labute approximate surface area is 101 Å². The van der Waals surface area contributed by atoms with Crippen LogP contribution in [0.5, 0.6) is 0 Å². The van der Waals surface area contributed by atoms with E-state index in [4.69, 9.17) is 11.6 Å². The maximum Gasteiger partial charge on any atom is 0.407 e. The van der Waals surface area contributed by atoms with Crippen molar-refractivity contribution in [1.29, 1.82) is 0 Å². The SMILES string of the molecule is COC(=O)NC1CCCCCC1C(=O)CCl. The van der Waals surface area contributed by atoms with Crippen molar-refractivity contribution < 1.29 is 14.3 Å². The summed E-state index contributed by atoms with van der Waals surface area (Å²) < 4.78 is 4.56. The molecule has 1 rings (SSSR count). The lowest BCUT2D eigenvalue weighted by Crippen LogP contribution is -2.43. The average molecular weight is 248 g/mol. The van der Waals surface area contributed by atoms with Crippen molar-refractivity contribution in [3.8, 4) is 0 Å². The van der Waals surface area contributed by atoms with Gasteiger partial charge in [0.15, 0.2) is 5.78 Å². The van der Waals surface area contributed by atoms with Crippen molar-refractivity contribution in [2.45, 2.75) is 38.1 Å². The van der Waals surface area contributed by atoms with Gasteiger partial charge in [-0.1, -0.05) is 19.3 Å². The van der Waals surface area contributed by atoms with Crippen molar-refractivity contribution in [2.75, 3.05) is 13.0 Å². The largest absolute Gasteiger partial charge is 0.453 e. The molecule has 1 aliphatic rings. The summed E-state index contributed by atoms with van der Waals surface area (Å²) >= 11 is 5.58. The van der Waals surface area contributed by atoms with Gasteiger partial charge in [-0.25, -0.2) is 4.79 Å². The van der Waals surface area contributed by atoms with Gasteiger partial charge in [0.2, 0.25) is 0 Å². The lowest BCUT2D eigenvalue weighted by atomic mass is 9.91. The van der Waals surface area contributed by atoms with E-state index in [0.29, 0.717) is 0 Å². The van der Waals surface area contributed by atoms with Crippen LogP contribution in [0, 0.1) is 5.92 Å². The predicted octanol–water partition coefficient (Wildman–Crippen LogP) is 2.10. The number of ether oxygens (including phenoxy) is 1. The van der Waals surface area contributed by atoms with Crippen LogP contribution < -0.4 is 5.32 Å². The van der Waals surface area contributed by atoms with Gasteiger partial charge in [-0.2, -0.15) is 0 Å². The van der Waals surface area contributed by atoms with Crippen LogP contribution in [0.25, 0.3) is 0 Å². The number of Topliss-reactive ketones (excluding diaryl/α,β-unsaturated/α-hetero) is 1. The molecule has 0 saturated heterocycles. The minimum atomic E-state index is -0.473. The quantitative estimate of drug-likeness (QED) is 0.614. The third-order valence-corrected chi connectivity index (χ3v) is 3.31. The van der Waals surface area contributed by atoms with E-state index in [2.05, 4.69) is 10.1 Å². The highest BCUT2D eigenvalue weighted by atomic mass is 35.5. The predicted molar refractivity (Wildman–Crippen MR) is 61.6 cm³/mol. The molecule has 0 spiro atoms. The first-order chi connectivity index (χ1) is 7.69. The molecule has 92 valence electrons. The first kappa shape index (κ1) is 13.3. The summed E-state index contributed by atoms with van der Waals surface area (Å²) in [6.07, 6.45) is 4.31. The van der Waals surface area contributed by atoms with Gasteiger partial charge in [0, 0.05) is 12.0 Å². The number of ketones is 1. The Balaban J connectivity index is 2.65. The molecule has 0 aliphatic heterocycles. The van der Waals surface area contributed by atoms with E-state index in [-0.39, 0.29) is 23.6 Å². The van der Waals surface area contributed by atoms with E-state index in [0.717, 1.165) is 32.1 Å².